The maximum Gasteiger partial charge on any atom is 0.153 e. The maximum atomic E-state index is 11.4. The summed E-state index contributed by atoms with van der Waals surface area (Å²) in [5.41, 5.74) is 0. The summed E-state index contributed by atoms with van der Waals surface area (Å²) < 4.78 is 22.7. The van der Waals surface area contributed by atoms with Crippen molar-refractivity contribution in [2.24, 2.45) is 0 Å². The van der Waals surface area contributed by atoms with Gasteiger partial charge < -0.3 is 0 Å². The van der Waals surface area contributed by atoms with Crippen LogP contribution in [0.15, 0.2) is 0 Å². The highest BCUT2D eigenvalue weighted by Gasteiger charge is 2.44. The molecule has 2 aliphatic rings. The quantitative estimate of drug-likeness (QED) is 0.651. The van der Waals surface area contributed by atoms with Crippen molar-refractivity contribution in [2.75, 3.05) is 17.3 Å². The first-order valence-electron chi connectivity index (χ1n) is 4.63. The number of sulfone groups is 1. The summed E-state index contributed by atoms with van der Waals surface area (Å²) in [7, 11) is -2.76. The maximum absolute atomic E-state index is 11.4. The predicted molar refractivity (Wildman–Crippen MR) is 55.7 cm³/mol. The number of rotatable bonds is 0. The summed E-state index contributed by atoms with van der Waals surface area (Å²) in [6.45, 7) is 2.13. The minimum atomic E-state index is -2.76. The van der Waals surface area contributed by atoms with Gasteiger partial charge in [-0.25, -0.2) is 8.42 Å². The molecular formula is C8H15NO2S2. The van der Waals surface area contributed by atoms with Crippen LogP contribution in [-0.4, -0.2) is 36.6 Å². The van der Waals surface area contributed by atoms with Crippen molar-refractivity contribution < 1.29 is 8.42 Å². The monoisotopic (exact) mass is 221 g/mol. The van der Waals surface area contributed by atoms with E-state index in [-0.39, 0.29) is 4.87 Å². The van der Waals surface area contributed by atoms with E-state index in [4.69, 9.17) is 0 Å². The Bertz CT molecular complexity index is 301. The Labute approximate surface area is 83.6 Å². The van der Waals surface area contributed by atoms with E-state index in [1.807, 2.05) is 0 Å². The fourth-order valence-electron chi connectivity index (χ4n) is 2.04. The molecule has 0 radical (unpaired) electrons. The van der Waals surface area contributed by atoms with Gasteiger partial charge in [0.05, 0.1) is 16.4 Å². The zero-order valence-corrected chi connectivity index (χ0v) is 9.38. The third-order valence-corrected chi connectivity index (χ3v) is 6.11. The van der Waals surface area contributed by atoms with Gasteiger partial charge in [-0.15, -0.1) is 11.8 Å². The van der Waals surface area contributed by atoms with Gasteiger partial charge in [-0.05, 0) is 25.5 Å². The van der Waals surface area contributed by atoms with Crippen molar-refractivity contribution >= 4 is 21.6 Å². The number of nitrogens with one attached hydrogen (secondary N) is 1. The van der Waals surface area contributed by atoms with E-state index >= 15 is 0 Å². The van der Waals surface area contributed by atoms with E-state index in [2.05, 4.69) is 12.2 Å². The second-order valence-electron chi connectivity index (χ2n) is 4.02. The number of hydrogen-bond acceptors (Lipinski definition) is 4. The number of thioether (sulfide) groups is 1. The average Bonchev–Trinajstić information content (AvgIpc) is 2.26. The molecule has 2 fully saturated rings. The Morgan fingerprint density at radius 2 is 2.31 bits per heavy atom. The van der Waals surface area contributed by atoms with Crippen LogP contribution < -0.4 is 5.32 Å². The van der Waals surface area contributed by atoms with Crippen molar-refractivity contribution in [3.8, 4) is 0 Å². The van der Waals surface area contributed by atoms with Crippen LogP contribution in [0.1, 0.15) is 19.8 Å². The molecule has 0 saturated carbocycles. The van der Waals surface area contributed by atoms with Gasteiger partial charge in [-0.1, -0.05) is 0 Å². The SMILES string of the molecule is CC1CCSC2(CCS(=O)(=O)C2)N1. The van der Waals surface area contributed by atoms with Gasteiger partial charge in [0.15, 0.2) is 9.84 Å². The van der Waals surface area contributed by atoms with Crippen LogP contribution >= 0.6 is 11.8 Å². The standard InChI is InChI=1S/C8H15NO2S2/c1-7-2-4-12-8(9-7)3-5-13(10,11)6-8/h7,9H,2-6H2,1H3. The summed E-state index contributed by atoms with van der Waals surface area (Å²) in [6, 6.07) is 0.467. The molecule has 2 atom stereocenters. The van der Waals surface area contributed by atoms with Crippen LogP contribution in [0.25, 0.3) is 0 Å². The lowest BCUT2D eigenvalue weighted by Gasteiger charge is -2.36. The van der Waals surface area contributed by atoms with Crippen molar-refractivity contribution in [3.05, 3.63) is 0 Å². The molecule has 2 unspecified atom stereocenters. The lowest BCUT2D eigenvalue weighted by Crippen LogP contribution is -2.51. The molecule has 0 aromatic rings. The molecule has 2 rings (SSSR count). The first kappa shape index (κ1) is 9.80. The summed E-state index contributed by atoms with van der Waals surface area (Å²) in [6.07, 6.45) is 1.93. The second-order valence-corrected chi connectivity index (χ2v) is 7.68. The Morgan fingerprint density at radius 1 is 1.54 bits per heavy atom. The van der Waals surface area contributed by atoms with Crippen LogP contribution in [0, 0.1) is 0 Å². The fourth-order valence-corrected chi connectivity index (χ4v) is 6.18. The van der Waals surface area contributed by atoms with E-state index < -0.39 is 9.84 Å². The third-order valence-electron chi connectivity index (χ3n) is 2.71. The molecule has 0 aliphatic carbocycles. The predicted octanol–water partition coefficient (Wildman–Crippen LogP) is 0.616. The molecule has 2 saturated heterocycles. The van der Waals surface area contributed by atoms with Gasteiger partial charge in [-0.3, -0.25) is 5.32 Å². The topological polar surface area (TPSA) is 46.2 Å². The smallest absolute Gasteiger partial charge is 0.153 e. The van der Waals surface area contributed by atoms with Crippen molar-refractivity contribution in [2.45, 2.75) is 30.7 Å². The van der Waals surface area contributed by atoms with Gasteiger partial charge in [0.1, 0.15) is 0 Å². The first-order valence-corrected chi connectivity index (χ1v) is 7.44. The zero-order valence-electron chi connectivity index (χ0n) is 7.75. The van der Waals surface area contributed by atoms with Gasteiger partial charge in [0, 0.05) is 6.04 Å². The molecule has 0 aromatic heterocycles. The fraction of sp³-hybridized carbons (Fsp3) is 1.00. The van der Waals surface area contributed by atoms with Crippen LogP contribution in [0.4, 0.5) is 0 Å². The number of hydrogen-bond donors (Lipinski definition) is 1. The molecule has 1 spiro atoms. The lowest BCUT2D eigenvalue weighted by molar-refractivity contribution is 0.415. The van der Waals surface area contributed by atoms with Crippen LogP contribution in [0.5, 0.6) is 0 Å². The molecule has 0 bridgehead atoms. The van der Waals surface area contributed by atoms with Crippen molar-refractivity contribution in [1.29, 1.82) is 0 Å². The highest BCUT2D eigenvalue weighted by molar-refractivity contribution is 8.02. The highest BCUT2D eigenvalue weighted by Crippen LogP contribution is 2.38. The van der Waals surface area contributed by atoms with Gasteiger partial charge in [0.25, 0.3) is 0 Å². The van der Waals surface area contributed by atoms with Crippen LogP contribution in [0.2, 0.25) is 0 Å². The molecule has 3 nitrogen and oxygen atoms in total. The molecule has 5 heteroatoms. The molecule has 0 amide bonds. The van der Waals surface area contributed by atoms with Crippen molar-refractivity contribution in [1.82, 2.24) is 5.32 Å². The minimum absolute atomic E-state index is 0.142. The first-order chi connectivity index (χ1) is 6.02. The van der Waals surface area contributed by atoms with E-state index in [0.717, 1.165) is 18.6 Å². The highest BCUT2D eigenvalue weighted by atomic mass is 32.2. The minimum Gasteiger partial charge on any atom is -0.299 e. The van der Waals surface area contributed by atoms with Gasteiger partial charge in [-0.2, -0.15) is 0 Å². The van der Waals surface area contributed by atoms with E-state index in [0.29, 0.717) is 17.5 Å². The summed E-state index contributed by atoms with van der Waals surface area (Å²) in [5.74, 6) is 1.78. The lowest BCUT2D eigenvalue weighted by atomic mass is 10.2. The van der Waals surface area contributed by atoms with Crippen LogP contribution in [-0.2, 0) is 9.84 Å². The van der Waals surface area contributed by atoms with E-state index in [1.54, 1.807) is 11.8 Å². The van der Waals surface area contributed by atoms with E-state index in [1.165, 1.54) is 0 Å². The summed E-state index contributed by atoms with van der Waals surface area (Å²) in [5, 5.41) is 3.43. The Hall–Kier alpha value is 0.260. The molecule has 13 heavy (non-hydrogen) atoms. The third kappa shape index (κ3) is 2.02. The van der Waals surface area contributed by atoms with Gasteiger partial charge in [0.2, 0.25) is 0 Å². The normalized spacial score (nSPS) is 43.9. The largest absolute Gasteiger partial charge is 0.299 e. The molecule has 2 heterocycles. The van der Waals surface area contributed by atoms with Gasteiger partial charge >= 0.3 is 0 Å². The molecule has 0 aromatic carbocycles. The average molecular weight is 221 g/mol. The molecule has 76 valence electrons. The zero-order chi connectivity index (χ0) is 9.53. The molecular weight excluding hydrogens is 206 g/mol. The Morgan fingerprint density at radius 3 is 2.85 bits per heavy atom. The van der Waals surface area contributed by atoms with Crippen molar-refractivity contribution in [3.63, 3.8) is 0 Å². The van der Waals surface area contributed by atoms with E-state index in [9.17, 15) is 8.42 Å². The summed E-state index contributed by atoms with van der Waals surface area (Å²) >= 11 is 1.79. The van der Waals surface area contributed by atoms with Crippen LogP contribution in [0.3, 0.4) is 0 Å². The Balaban J connectivity index is 2.14. The molecule has 1 N–H and O–H groups in total. The second kappa shape index (κ2) is 3.14. The Kier molecular flexibility index (Phi) is 2.37. The summed E-state index contributed by atoms with van der Waals surface area (Å²) in [4.78, 5) is -0.142. The molecule has 2 aliphatic heterocycles.